The second-order valence-electron chi connectivity index (χ2n) is 6.45. The Labute approximate surface area is 116 Å². The number of rotatable bonds is 6. The molecule has 1 aromatic heterocycles. The van der Waals surface area contributed by atoms with Crippen molar-refractivity contribution in [3.05, 3.63) is 17.5 Å². The molecule has 1 aromatic rings. The Morgan fingerprint density at radius 3 is 2.68 bits per heavy atom. The third-order valence-electron chi connectivity index (χ3n) is 5.03. The molecule has 0 aromatic carbocycles. The van der Waals surface area contributed by atoms with E-state index in [2.05, 4.69) is 41.9 Å². The fourth-order valence-electron chi connectivity index (χ4n) is 4.02. The highest BCUT2D eigenvalue weighted by molar-refractivity contribution is 5.12. The van der Waals surface area contributed by atoms with Gasteiger partial charge >= 0.3 is 0 Å². The van der Waals surface area contributed by atoms with E-state index in [-0.39, 0.29) is 0 Å². The van der Waals surface area contributed by atoms with Crippen molar-refractivity contribution < 1.29 is 0 Å². The average Bonchev–Trinajstić information content (AvgIpc) is 2.84. The summed E-state index contributed by atoms with van der Waals surface area (Å²) in [6, 6.07) is 2.92. The van der Waals surface area contributed by atoms with E-state index < -0.39 is 0 Å². The van der Waals surface area contributed by atoms with Crippen LogP contribution in [0.2, 0.25) is 0 Å². The molecule has 0 spiro atoms. The van der Waals surface area contributed by atoms with Gasteiger partial charge in [0.25, 0.3) is 0 Å². The highest BCUT2D eigenvalue weighted by Gasteiger charge is 2.47. The summed E-state index contributed by atoms with van der Waals surface area (Å²) in [5.41, 5.74) is 2.56. The minimum absolute atomic E-state index is 0.652. The molecule has 1 heterocycles. The minimum Gasteiger partial charge on any atom is -0.314 e. The number of fused-ring (bicyclic) bond motifs is 1. The summed E-state index contributed by atoms with van der Waals surface area (Å²) < 4.78 is 2.18. The number of hydrogen-bond donors (Lipinski definition) is 1. The van der Waals surface area contributed by atoms with E-state index in [9.17, 15) is 0 Å². The first-order valence-corrected chi connectivity index (χ1v) is 7.98. The van der Waals surface area contributed by atoms with Crippen molar-refractivity contribution in [2.45, 2.75) is 59.0 Å². The van der Waals surface area contributed by atoms with Crippen molar-refractivity contribution in [2.75, 3.05) is 6.54 Å². The van der Waals surface area contributed by atoms with Gasteiger partial charge in [-0.3, -0.25) is 4.68 Å². The smallest absolute Gasteiger partial charge is 0.0596 e. The van der Waals surface area contributed by atoms with Crippen LogP contribution >= 0.6 is 0 Å². The monoisotopic (exact) mass is 261 g/mol. The maximum Gasteiger partial charge on any atom is 0.0596 e. The highest BCUT2D eigenvalue weighted by atomic mass is 15.3. The average molecular weight is 261 g/mol. The van der Waals surface area contributed by atoms with Crippen LogP contribution in [0.4, 0.5) is 0 Å². The predicted molar refractivity (Wildman–Crippen MR) is 78.1 cm³/mol. The lowest BCUT2D eigenvalue weighted by Crippen LogP contribution is -2.38. The molecule has 0 saturated heterocycles. The Morgan fingerprint density at radius 2 is 2.05 bits per heavy atom. The first kappa shape index (κ1) is 13.2. The van der Waals surface area contributed by atoms with Crippen LogP contribution in [0.5, 0.6) is 0 Å². The number of nitrogens with zero attached hydrogens (tertiary/aromatic N) is 2. The highest BCUT2D eigenvalue weighted by Crippen LogP contribution is 2.55. The molecule has 2 aliphatic carbocycles. The van der Waals surface area contributed by atoms with Gasteiger partial charge in [0.1, 0.15) is 0 Å². The maximum atomic E-state index is 4.58. The lowest BCUT2D eigenvalue weighted by Gasteiger charge is -2.26. The summed E-state index contributed by atoms with van der Waals surface area (Å²) in [5, 5.41) is 8.32. The largest absolute Gasteiger partial charge is 0.314 e. The van der Waals surface area contributed by atoms with E-state index in [1.807, 2.05) is 0 Å². The lowest BCUT2D eigenvalue weighted by molar-refractivity contribution is 0.331. The van der Waals surface area contributed by atoms with Crippen molar-refractivity contribution in [3.63, 3.8) is 0 Å². The van der Waals surface area contributed by atoms with Crippen LogP contribution in [0, 0.1) is 24.7 Å². The molecule has 0 aliphatic heterocycles. The predicted octanol–water partition coefficient (Wildman–Crippen LogP) is 2.78. The quantitative estimate of drug-likeness (QED) is 0.853. The normalized spacial score (nSPS) is 30.4. The number of aryl methyl sites for hydroxylation is 2. The third kappa shape index (κ3) is 2.71. The Kier molecular flexibility index (Phi) is 3.66. The van der Waals surface area contributed by atoms with E-state index in [0.29, 0.717) is 6.04 Å². The number of nitrogens with one attached hydrogen (secondary N) is 1. The van der Waals surface area contributed by atoms with E-state index in [1.54, 1.807) is 0 Å². The van der Waals surface area contributed by atoms with Crippen LogP contribution < -0.4 is 5.32 Å². The molecule has 19 heavy (non-hydrogen) atoms. The number of hydrogen-bond acceptors (Lipinski definition) is 2. The van der Waals surface area contributed by atoms with Crippen molar-refractivity contribution >= 4 is 0 Å². The summed E-state index contributed by atoms with van der Waals surface area (Å²) in [5.74, 6) is 3.04. The number of likely N-dealkylation sites (N-methyl/N-ethyl adjacent to an activating group) is 1. The molecule has 0 bridgehead atoms. The van der Waals surface area contributed by atoms with E-state index in [0.717, 1.165) is 43.0 Å². The zero-order valence-corrected chi connectivity index (χ0v) is 12.5. The molecule has 3 rings (SSSR count). The Hall–Kier alpha value is -0.830. The second-order valence-corrected chi connectivity index (χ2v) is 6.45. The summed E-state index contributed by atoms with van der Waals surface area (Å²) in [4.78, 5) is 0. The van der Waals surface area contributed by atoms with Gasteiger partial charge < -0.3 is 5.32 Å². The molecular weight excluding hydrogens is 234 g/mol. The summed E-state index contributed by atoms with van der Waals surface area (Å²) in [6.45, 7) is 8.57. The van der Waals surface area contributed by atoms with Gasteiger partial charge in [-0.1, -0.05) is 6.92 Å². The van der Waals surface area contributed by atoms with Crippen molar-refractivity contribution in [1.82, 2.24) is 15.1 Å². The van der Waals surface area contributed by atoms with Crippen molar-refractivity contribution in [2.24, 2.45) is 17.8 Å². The molecule has 0 radical (unpaired) electrons. The Bertz CT molecular complexity index is 427. The zero-order valence-electron chi connectivity index (χ0n) is 12.5. The molecule has 3 nitrogen and oxygen atoms in total. The molecule has 106 valence electrons. The van der Waals surface area contributed by atoms with Gasteiger partial charge in [0.2, 0.25) is 0 Å². The lowest BCUT2D eigenvalue weighted by atomic mass is 9.91. The minimum atomic E-state index is 0.652. The fraction of sp³-hybridized carbons (Fsp3) is 0.812. The zero-order chi connectivity index (χ0) is 13.4. The second kappa shape index (κ2) is 5.28. The third-order valence-corrected chi connectivity index (χ3v) is 5.03. The van der Waals surface area contributed by atoms with Gasteiger partial charge in [0, 0.05) is 24.7 Å². The SMILES string of the molecule is CCNC(Cc1cc(C)nn1CC)C1CC2CC2C1. The van der Waals surface area contributed by atoms with Crippen LogP contribution in [0.3, 0.4) is 0 Å². The van der Waals surface area contributed by atoms with Gasteiger partial charge in [-0.2, -0.15) is 5.10 Å². The topological polar surface area (TPSA) is 29.9 Å². The van der Waals surface area contributed by atoms with Crippen molar-refractivity contribution in [3.8, 4) is 0 Å². The molecule has 2 fully saturated rings. The summed E-state index contributed by atoms with van der Waals surface area (Å²) >= 11 is 0. The molecule has 3 unspecified atom stereocenters. The molecular formula is C16H27N3. The summed E-state index contributed by atoms with van der Waals surface area (Å²) in [7, 11) is 0. The molecule has 3 heteroatoms. The summed E-state index contributed by atoms with van der Waals surface area (Å²) in [6.07, 6.45) is 5.58. The van der Waals surface area contributed by atoms with Crippen LogP contribution in [0.25, 0.3) is 0 Å². The van der Waals surface area contributed by atoms with E-state index >= 15 is 0 Å². The van der Waals surface area contributed by atoms with E-state index in [1.165, 1.54) is 25.0 Å². The maximum absolute atomic E-state index is 4.58. The first-order valence-electron chi connectivity index (χ1n) is 7.98. The Morgan fingerprint density at radius 1 is 1.32 bits per heavy atom. The fourth-order valence-corrected chi connectivity index (χ4v) is 4.02. The first-order chi connectivity index (χ1) is 9.21. The van der Waals surface area contributed by atoms with Crippen molar-refractivity contribution in [1.29, 1.82) is 0 Å². The standard InChI is InChI=1S/C16H27N3/c1-4-17-16(14-8-12-7-13(12)9-14)10-15-6-11(3)18-19(15)5-2/h6,12-14,16-17H,4-5,7-10H2,1-3H3. The van der Waals surface area contributed by atoms with Crippen LogP contribution in [0.1, 0.15) is 44.5 Å². The number of aromatic nitrogens is 2. The van der Waals surface area contributed by atoms with Gasteiger partial charge in [-0.15, -0.1) is 0 Å². The van der Waals surface area contributed by atoms with Gasteiger partial charge in [0.05, 0.1) is 5.69 Å². The molecule has 2 saturated carbocycles. The van der Waals surface area contributed by atoms with Crippen LogP contribution in [-0.2, 0) is 13.0 Å². The van der Waals surface area contributed by atoms with Gasteiger partial charge in [0.15, 0.2) is 0 Å². The van der Waals surface area contributed by atoms with Gasteiger partial charge in [-0.05, 0) is 63.5 Å². The Balaban J connectivity index is 1.69. The molecule has 0 amide bonds. The van der Waals surface area contributed by atoms with Gasteiger partial charge in [-0.25, -0.2) is 0 Å². The van der Waals surface area contributed by atoms with Crippen LogP contribution in [-0.4, -0.2) is 22.4 Å². The molecule has 3 atom stereocenters. The van der Waals surface area contributed by atoms with Crippen LogP contribution in [0.15, 0.2) is 6.07 Å². The van der Waals surface area contributed by atoms with E-state index in [4.69, 9.17) is 0 Å². The molecule has 2 aliphatic rings. The molecule has 1 N–H and O–H groups in total.